The SMILES string of the molecule is COc1cn(-c2cccc(C(F)(F)F)c2)nc1C(=O)Nc1c(C)cc(C)cc1Cl. The molecule has 5 nitrogen and oxygen atoms in total. The predicted molar refractivity (Wildman–Crippen MR) is 104 cm³/mol. The number of nitrogens with zero attached hydrogens (tertiary/aromatic N) is 2. The van der Waals surface area contributed by atoms with Gasteiger partial charge in [-0.15, -0.1) is 0 Å². The molecule has 152 valence electrons. The van der Waals surface area contributed by atoms with Gasteiger partial charge in [-0.2, -0.15) is 18.3 Å². The van der Waals surface area contributed by atoms with Crippen LogP contribution in [0.25, 0.3) is 5.69 Å². The molecule has 2 aromatic carbocycles. The van der Waals surface area contributed by atoms with Crippen LogP contribution in [0.15, 0.2) is 42.6 Å². The number of anilines is 1. The Bertz CT molecular complexity index is 1050. The highest BCUT2D eigenvalue weighted by atomic mass is 35.5. The summed E-state index contributed by atoms with van der Waals surface area (Å²) in [6, 6.07) is 8.18. The zero-order valence-corrected chi connectivity index (χ0v) is 16.5. The minimum Gasteiger partial charge on any atom is -0.493 e. The minimum atomic E-state index is -4.49. The zero-order chi connectivity index (χ0) is 21.3. The summed E-state index contributed by atoms with van der Waals surface area (Å²) in [5.74, 6) is -0.484. The summed E-state index contributed by atoms with van der Waals surface area (Å²) < 4.78 is 45.3. The molecule has 0 spiro atoms. The fraction of sp³-hybridized carbons (Fsp3) is 0.200. The van der Waals surface area contributed by atoms with Crippen molar-refractivity contribution in [1.82, 2.24) is 9.78 Å². The molecule has 29 heavy (non-hydrogen) atoms. The Morgan fingerprint density at radius 3 is 2.55 bits per heavy atom. The van der Waals surface area contributed by atoms with Gasteiger partial charge in [-0.3, -0.25) is 4.79 Å². The number of ether oxygens (including phenoxy) is 1. The number of nitrogens with one attached hydrogen (secondary N) is 1. The Balaban J connectivity index is 1.96. The van der Waals surface area contributed by atoms with Crippen molar-refractivity contribution in [2.24, 2.45) is 0 Å². The van der Waals surface area contributed by atoms with Crippen molar-refractivity contribution in [2.75, 3.05) is 12.4 Å². The van der Waals surface area contributed by atoms with Crippen molar-refractivity contribution >= 4 is 23.2 Å². The van der Waals surface area contributed by atoms with Gasteiger partial charge in [0, 0.05) is 0 Å². The van der Waals surface area contributed by atoms with E-state index in [-0.39, 0.29) is 17.1 Å². The molecule has 1 aromatic heterocycles. The highest BCUT2D eigenvalue weighted by molar-refractivity contribution is 6.34. The van der Waals surface area contributed by atoms with Gasteiger partial charge in [-0.1, -0.05) is 23.7 Å². The highest BCUT2D eigenvalue weighted by Crippen LogP contribution is 2.31. The lowest BCUT2D eigenvalue weighted by Crippen LogP contribution is -2.15. The molecule has 0 fully saturated rings. The Labute approximate surface area is 170 Å². The smallest absolute Gasteiger partial charge is 0.416 e. The summed E-state index contributed by atoms with van der Waals surface area (Å²) in [6.45, 7) is 3.68. The molecule has 9 heteroatoms. The van der Waals surface area contributed by atoms with Crippen LogP contribution in [-0.4, -0.2) is 22.8 Å². The molecule has 0 unspecified atom stereocenters. The Kier molecular flexibility index (Phi) is 5.57. The summed E-state index contributed by atoms with van der Waals surface area (Å²) in [5.41, 5.74) is 1.37. The monoisotopic (exact) mass is 423 g/mol. The van der Waals surface area contributed by atoms with Crippen LogP contribution in [0.2, 0.25) is 5.02 Å². The number of aromatic nitrogens is 2. The van der Waals surface area contributed by atoms with Crippen molar-refractivity contribution in [3.8, 4) is 11.4 Å². The van der Waals surface area contributed by atoms with E-state index in [1.807, 2.05) is 13.0 Å². The van der Waals surface area contributed by atoms with Crippen LogP contribution < -0.4 is 10.1 Å². The van der Waals surface area contributed by atoms with Crippen molar-refractivity contribution < 1.29 is 22.7 Å². The third-order valence-corrected chi connectivity index (χ3v) is 4.52. The van der Waals surface area contributed by atoms with E-state index in [1.54, 1.807) is 13.0 Å². The number of carbonyl (C=O) groups is 1. The van der Waals surface area contributed by atoms with Crippen LogP contribution in [0.1, 0.15) is 27.2 Å². The molecular formula is C20H17ClF3N3O2. The van der Waals surface area contributed by atoms with Gasteiger partial charge in [-0.05, 0) is 49.2 Å². The van der Waals surface area contributed by atoms with Gasteiger partial charge in [0.25, 0.3) is 5.91 Å². The fourth-order valence-corrected chi connectivity index (χ4v) is 3.24. The number of methoxy groups -OCH3 is 1. The molecule has 0 saturated carbocycles. The molecule has 3 aromatic rings. The van der Waals surface area contributed by atoms with E-state index < -0.39 is 17.6 Å². The molecule has 0 aliphatic carbocycles. The molecule has 0 saturated heterocycles. The summed E-state index contributed by atoms with van der Waals surface area (Å²) in [4.78, 5) is 12.7. The second-order valence-electron chi connectivity index (χ2n) is 6.43. The van der Waals surface area contributed by atoms with Crippen LogP contribution in [-0.2, 0) is 6.18 Å². The van der Waals surface area contributed by atoms with Gasteiger partial charge < -0.3 is 10.1 Å². The predicted octanol–water partition coefficient (Wildman–Crippen LogP) is 5.42. The number of aryl methyl sites for hydroxylation is 2. The van der Waals surface area contributed by atoms with Crippen molar-refractivity contribution in [1.29, 1.82) is 0 Å². The Hall–Kier alpha value is -3.00. The first-order chi connectivity index (χ1) is 13.6. The summed E-state index contributed by atoms with van der Waals surface area (Å²) in [7, 11) is 1.34. The van der Waals surface area contributed by atoms with Crippen LogP contribution in [0, 0.1) is 13.8 Å². The lowest BCUT2D eigenvalue weighted by Gasteiger charge is -2.11. The molecule has 1 N–H and O–H groups in total. The van der Waals surface area contributed by atoms with Gasteiger partial charge in [0.05, 0.1) is 35.3 Å². The van der Waals surface area contributed by atoms with E-state index in [0.717, 1.165) is 27.9 Å². The van der Waals surface area contributed by atoms with Crippen LogP contribution in [0.4, 0.5) is 18.9 Å². The molecular weight excluding hydrogens is 407 g/mol. The lowest BCUT2D eigenvalue weighted by atomic mass is 10.1. The molecule has 3 rings (SSSR count). The lowest BCUT2D eigenvalue weighted by molar-refractivity contribution is -0.137. The number of hydrogen-bond donors (Lipinski definition) is 1. The standard InChI is InChI=1S/C20H17ClF3N3O2/c1-11-7-12(2)17(15(21)8-11)25-19(28)18-16(29-3)10-27(26-18)14-6-4-5-13(9-14)20(22,23)24/h4-10H,1-3H3,(H,25,28). The van der Waals surface area contributed by atoms with E-state index in [9.17, 15) is 18.0 Å². The average Bonchev–Trinajstić information content (AvgIpc) is 3.08. The van der Waals surface area contributed by atoms with Crippen molar-refractivity contribution in [2.45, 2.75) is 20.0 Å². The average molecular weight is 424 g/mol. The maximum absolute atomic E-state index is 13.0. The first kappa shape index (κ1) is 20.7. The second kappa shape index (κ2) is 7.79. The van der Waals surface area contributed by atoms with E-state index >= 15 is 0 Å². The number of rotatable bonds is 4. The van der Waals surface area contributed by atoms with Gasteiger partial charge >= 0.3 is 6.18 Å². The van der Waals surface area contributed by atoms with Gasteiger partial charge in [0.2, 0.25) is 0 Å². The third-order valence-electron chi connectivity index (χ3n) is 4.22. The largest absolute Gasteiger partial charge is 0.493 e. The molecule has 0 atom stereocenters. The van der Waals surface area contributed by atoms with E-state index in [4.69, 9.17) is 16.3 Å². The number of hydrogen-bond acceptors (Lipinski definition) is 3. The number of halogens is 4. The number of carbonyl (C=O) groups excluding carboxylic acids is 1. The Morgan fingerprint density at radius 1 is 1.21 bits per heavy atom. The maximum atomic E-state index is 13.0. The molecule has 1 heterocycles. The maximum Gasteiger partial charge on any atom is 0.416 e. The summed E-state index contributed by atoms with van der Waals surface area (Å²) in [6.07, 6.45) is -3.15. The van der Waals surface area contributed by atoms with Crippen molar-refractivity contribution in [3.05, 3.63) is 70.0 Å². The van der Waals surface area contributed by atoms with Crippen LogP contribution >= 0.6 is 11.6 Å². The molecule has 0 radical (unpaired) electrons. The van der Waals surface area contributed by atoms with Crippen LogP contribution in [0.5, 0.6) is 5.75 Å². The van der Waals surface area contributed by atoms with Gasteiger partial charge in [0.1, 0.15) is 0 Å². The third kappa shape index (κ3) is 4.37. The number of amides is 1. The molecule has 1 amide bonds. The minimum absolute atomic E-state index is 0.0825. The van der Waals surface area contributed by atoms with Crippen LogP contribution in [0.3, 0.4) is 0 Å². The number of alkyl halides is 3. The highest BCUT2D eigenvalue weighted by Gasteiger charge is 2.31. The van der Waals surface area contributed by atoms with Gasteiger partial charge in [0.15, 0.2) is 11.4 Å². The van der Waals surface area contributed by atoms with E-state index in [0.29, 0.717) is 10.7 Å². The van der Waals surface area contributed by atoms with Crippen molar-refractivity contribution in [3.63, 3.8) is 0 Å². The quantitative estimate of drug-likeness (QED) is 0.609. The normalized spacial score (nSPS) is 11.4. The number of benzene rings is 2. The van der Waals surface area contributed by atoms with E-state index in [1.165, 1.54) is 25.4 Å². The topological polar surface area (TPSA) is 56.2 Å². The van der Waals surface area contributed by atoms with E-state index in [2.05, 4.69) is 10.4 Å². The van der Waals surface area contributed by atoms with Gasteiger partial charge in [-0.25, -0.2) is 4.68 Å². The first-order valence-electron chi connectivity index (χ1n) is 8.49. The Morgan fingerprint density at radius 2 is 1.93 bits per heavy atom. The summed E-state index contributed by atoms with van der Waals surface area (Å²) >= 11 is 6.22. The fourth-order valence-electron chi connectivity index (χ4n) is 2.87. The molecule has 0 bridgehead atoms. The summed E-state index contributed by atoms with van der Waals surface area (Å²) in [5, 5.41) is 7.17. The molecule has 0 aliphatic heterocycles. The first-order valence-corrected chi connectivity index (χ1v) is 8.87. The molecule has 0 aliphatic rings. The second-order valence-corrected chi connectivity index (χ2v) is 6.84. The zero-order valence-electron chi connectivity index (χ0n) is 15.8.